The van der Waals surface area contributed by atoms with E-state index in [4.69, 9.17) is 33.2 Å². The van der Waals surface area contributed by atoms with Gasteiger partial charge in [0.2, 0.25) is 28.7 Å². The maximum absolute atomic E-state index is 14.4. The van der Waals surface area contributed by atoms with Crippen LogP contribution >= 0.6 is 0 Å². The van der Waals surface area contributed by atoms with E-state index < -0.39 is 198 Å². The third-order valence-corrected chi connectivity index (χ3v) is 10.4. The Morgan fingerprint density at radius 2 is 1.04 bits per heavy atom. The summed E-state index contributed by atoms with van der Waals surface area (Å²) in [5, 5.41) is 156. The smallest absolute Gasteiger partial charge is 0.342 e. The van der Waals surface area contributed by atoms with Crippen molar-refractivity contribution in [3.05, 3.63) is 70.3 Å². The normalized spacial score (nSPS) is 18.8. The molecule has 0 amide bonds. The van der Waals surface area contributed by atoms with Gasteiger partial charge in [-0.2, -0.15) is 0 Å². The van der Waals surface area contributed by atoms with Crippen molar-refractivity contribution >= 4 is 29.8 Å². The number of rotatable bonds is 8. The number of phenolic OH excluding ortho intramolecular Hbond substituents is 14. The summed E-state index contributed by atoms with van der Waals surface area (Å²) < 4.78 is 38.9. The fourth-order valence-corrected chi connectivity index (χ4v) is 7.03. The van der Waals surface area contributed by atoms with Crippen LogP contribution in [0.15, 0.2) is 42.5 Å². The number of fused-ring (bicyclic) bond motifs is 4. The minimum atomic E-state index is -2.41. The topological polar surface area (TPSA) is 453 Å². The van der Waals surface area contributed by atoms with E-state index >= 15 is 0 Å². The highest BCUT2D eigenvalue weighted by Crippen LogP contribution is 2.54. The van der Waals surface area contributed by atoms with Crippen LogP contribution in [0.1, 0.15) is 51.8 Å². The molecule has 27 nitrogen and oxygen atoms in total. The summed E-state index contributed by atoms with van der Waals surface area (Å²) in [6, 6.07) is 3.63. The highest BCUT2D eigenvalue weighted by Gasteiger charge is 2.54. The van der Waals surface area contributed by atoms with Crippen molar-refractivity contribution in [1.82, 2.24) is 0 Å². The summed E-state index contributed by atoms with van der Waals surface area (Å²) in [6.07, 6.45) is -11.1. The largest absolute Gasteiger partial charge is 0.504 e. The number of methoxy groups -OCH3 is 1. The van der Waals surface area contributed by atoms with Crippen LogP contribution in [0.4, 0.5) is 0 Å². The lowest BCUT2D eigenvalue weighted by Crippen LogP contribution is -2.63. The zero-order valence-electron chi connectivity index (χ0n) is 34.2. The first-order chi connectivity index (χ1) is 32.4. The molecule has 15 N–H and O–H groups in total. The Hall–Kier alpha value is -9.63. The second-order valence-electron chi connectivity index (χ2n) is 14.6. The van der Waals surface area contributed by atoms with Gasteiger partial charge in [0.1, 0.15) is 18.3 Å². The molecule has 0 aromatic heterocycles. The summed E-state index contributed by atoms with van der Waals surface area (Å²) in [5.74, 6) is -28.3. The van der Waals surface area contributed by atoms with E-state index in [-0.39, 0.29) is 0 Å². The Kier molecular flexibility index (Phi) is 12.1. The Balaban J connectivity index is 1.40. The predicted molar refractivity (Wildman–Crippen MR) is 215 cm³/mol. The fraction of sp³-hybridized carbons (Fsp3) is 0.167. The first-order valence-electron chi connectivity index (χ1n) is 19.0. The maximum atomic E-state index is 14.4. The molecule has 27 heteroatoms. The predicted octanol–water partition coefficient (Wildman–Crippen LogP) is 2.24. The zero-order valence-corrected chi connectivity index (χ0v) is 34.2. The Morgan fingerprint density at radius 1 is 0.551 bits per heavy atom. The zero-order chi connectivity index (χ0) is 50.7. The Morgan fingerprint density at radius 3 is 1.61 bits per heavy atom. The minimum absolute atomic E-state index is 0.391. The molecular weight excluding hydrogens is 936 g/mol. The van der Waals surface area contributed by atoms with Crippen LogP contribution in [-0.2, 0) is 28.4 Å². The molecular formula is C42H32O27. The monoisotopic (exact) mass is 968 g/mol. The van der Waals surface area contributed by atoms with Crippen molar-refractivity contribution in [2.75, 3.05) is 13.7 Å². The Bertz CT molecular complexity index is 2990. The van der Waals surface area contributed by atoms with E-state index in [2.05, 4.69) is 0 Å². The van der Waals surface area contributed by atoms with Gasteiger partial charge in [-0.3, -0.25) is 0 Å². The van der Waals surface area contributed by atoms with Crippen molar-refractivity contribution in [2.45, 2.75) is 30.7 Å². The van der Waals surface area contributed by atoms with Crippen molar-refractivity contribution in [2.24, 2.45) is 0 Å². The lowest BCUT2D eigenvalue weighted by Gasteiger charge is -2.44. The van der Waals surface area contributed by atoms with Gasteiger partial charge < -0.3 is 110 Å². The number of aromatic hydroxyl groups is 14. The number of hydrogen-bond acceptors (Lipinski definition) is 26. The summed E-state index contributed by atoms with van der Waals surface area (Å²) in [6.45, 7) is -1.13. The fourth-order valence-electron chi connectivity index (χ4n) is 7.03. The molecule has 0 bridgehead atoms. The quantitative estimate of drug-likeness (QED) is 0.0602. The number of hydrogen-bond donors (Lipinski definition) is 15. The number of carboxylic acids is 1. The van der Waals surface area contributed by atoms with Crippen LogP contribution in [0.2, 0.25) is 0 Å². The van der Waals surface area contributed by atoms with Crippen molar-refractivity contribution in [1.29, 1.82) is 0 Å². The molecule has 5 aromatic rings. The minimum Gasteiger partial charge on any atom is -0.504 e. The Labute approximate surface area is 381 Å². The number of carbonyl (C=O) groups is 5. The van der Waals surface area contributed by atoms with Gasteiger partial charge in [-0.25, -0.2) is 24.0 Å². The molecule has 2 heterocycles. The highest BCUT2D eigenvalue weighted by atomic mass is 16.7. The molecule has 5 atom stereocenters. The molecule has 5 aromatic carbocycles. The average Bonchev–Trinajstić information content (AvgIpc) is 3.31. The number of cyclic esters (lactones) is 1. The van der Waals surface area contributed by atoms with E-state index in [1.807, 2.05) is 0 Å². The first kappa shape index (κ1) is 47.3. The van der Waals surface area contributed by atoms with Gasteiger partial charge in [0.05, 0.1) is 22.3 Å². The molecule has 0 saturated carbocycles. The highest BCUT2D eigenvalue weighted by molar-refractivity contribution is 6.08. The second-order valence-corrected chi connectivity index (χ2v) is 14.6. The molecule has 0 radical (unpaired) electrons. The van der Waals surface area contributed by atoms with Crippen LogP contribution in [0.25, 0.3) is 11.1 Å². The van der Waals surface area contributed by atoms with Crippen LogP contribution < -0.4 is 4.74 Å². The number of aromatic carboxylic acids is 1. The number of phenols is 14. The molecule has 1 saturated heterocycles. The van der Waals surface area contributed by atoms with Gasteiger partial charge in [0, 0.05) is 24.3 Å². The van der Waals surface area contributed by atoms with E-state index in [0.29, 0.717) is 42.5 Å². The average molecular weight is 969 g/mol. The number of ether oxygens (including phenoxy) is 7. The number of carbonyl (C=O) groups excluding carboxylic acids is 4. The van der Waals surface area contributed by atoms with Gasteiger partial charge in [-0.1, -0.05) is 0 Å². The second kappa shape index (κ2) is 17.6. The van der Waals surface area contributed by atoms with E-state index in [9.17, 15) is 101 Å². The molecule has 7 rings (SSSR count). The van der Waals surface area contributed by atoms with Crippen molar-refractivity contribution in [3.8, 4) is 103 Å². The lowest BCUT2D eigenvalue weighted by atomic mass is 9.92. The molecule has 0 spiro atoms. The summed E-state index contributed by atoms with van der Waals surface area (Å²) in [5.41, 5.74) is -6.71. The SMILES string of the molecule is COC1OC2COC(=O)c3cc(O)c(O)c(O)c3-c3c(cc(O)c(O)c3O)C(=O)OC2C(OC(=O)c2cc(O)c(O)c(O)c2)C1OC(=O)c1cc(O)c(O)c(O)c1Oc1cc(C(=O)O)cc(O)c1O. The number of carboxylic acid groups (broad SMARTS) is 1. The van der Waals surface area contributed by atoms with Gasteiger partial charge in [0.25, 0.3) is 0 Å². The van der Waals surface area contributed by atoms with Gasteiger partial charge in [-0.05, 0) is 36.4 Å². The van der Waals surface area contributed by atoms with E-state index in [0.717, 1.165) is 7.11 Å². The third-order valence-electron chi connectivity index (χ3n) is 10.4. The van der Waals surface area contributed by atoms with Crippen LogP contribution in [0.3, 0.4) is 0 Å². The van der Waals surface area contributed by atoms with Crippen LogP contribution in [-0.4, -0.2) is 151 Å². The summed E-state index contributed by atoms with van der Waals surface area (Å²) >= 11 is 0. The lowest BCUT2D eigenvalue weighted by molar-refractivity contribution is -0.291. The molecule has 2 aliphatic heterocycles. The van der Waals surface area contributed by atoms with E-state index in [1.165, 1.54) is 0 Å². The molecule has 2 aliphatic rings. The molecule has 69 heavy (non-hydrogen) atoms. The molecule has 1 fully saturated rings. The van der Waals surface area contributed by atoms with Crippen LogP contribution in [0.5, 0.6) is 92.0 Å². The van der Waals surface area contributed by atoms with Crippen LogP contribution in [0, 0.1) is 0 Å². The van der Waals surface area contributed by atoms with Gasteiger partial charge >= 0.3 is 29.8 Å². The summed E-state index contributed by atoms with van der Waals surface area (Å²) in [7, 11) is 0.893. The molecule has 5 unspecified atom stereocenters. The van der Waals surface area contributed by atoms with Gasteiger partial charge in [-0.15, -0.1) is 0 Å². The summed E-state index contributed by atoms with van der Waals surface area (Å²) in [4.78, 5) is 68.1. The van der Waals surface area contributed by atoms with E-state index in [1.54, 1.807) is 0 Å². The molecule has 0 aliphatic carbocycles. The number of esters is 4. The first-order valence-corrected chi connectivity index (χ1v) is 19.0. The van der Waals surface area contributed by atoms with Gasteiger partial charge in [0.15, 0.2) is 87.8 Å². The third kappa shape index (κ3) is 8.31. The van der Waals surface area contributed by atoms with Crippen molar-refractivity contribution < 1.29 is 134 Å². The van der Waals surface area contributed by atoms with Crippen molar-refractivity contribution in [3.63, 3.8) is 0 Å². The maximum Gasteiger partial charge on any atom is 0.342 e. The number of benzene rings is 5. The standard InChI is InChI=1S/C42H32O27/c1-63-42-36(69-41(62)14-8-20(48)29(53)32(56)33(14)65-21-5-10(37(57)58)2-17(45)26(21)50)35(68-38(59)11-3-15(43)25(49)16(44)4-11)34-22(66-42)9-64-39(60)12-6-18(46)27(51)30(54)23(12)24-13(40(61)67-34)7-19(47)28(52)31(24)55/h2-8,22,34-36,42-56H,9H2,1H3,(H,57,58). The molecule has 362 valence electrons.